The van der Waals surface area contributed by atoms with Gasteiger partial charge in [-0.1, -0.05) is 20.8 Å². The lowest BCUT2D eigenvalue weighted by molar-refractivity contribution is 0.337. The fraction of sp³-hybridized carbons (Fsp3) is 0.875. The molecule has 1 N–H and O–H groups in total. The Kier molecular flexibility index (Phi) is 6.49. The summed E-state index contributed by atoms with van der Waals surface area (Å²) >= 11 is 0. The van der Waals surface area contributed by atoms with Crippen LogP contribution in [0.1, 0.15) is 58.8 Å². The second kappa shape index (κ2) is 8.37. The maximum absolute atomic E-state index is 5.47. The van der Waals surface area contributed by atoms with Gasteiger partial charge < -0.3 is 14.7 Å². The van der Waals surface area contributed by atoms with E-state index in [0.717, 1.165) is 50.7 Å². The first kappa shape index (κ1) is 16.3. The number of hydrogen-bond donors (Lipinski definition) is 1. The molecule has 1 atom stereocenters. The topological polar surface area (TPSA) is 54.2 Å². The zero-order valence-corrected chi connectivity index (χ0v) is 13.8. The van der Waals surface area contributed by atoms with Crippen molar-refractivity contribution in [1.29, 1.82) is 0 Å². The van der Waals surface area contributed by atoms with Gasteiger partial charge in [-0.3, -0.25) is 0 Å². The Morgan fingerprint density at radius 3 is 2.67 bits per heavy atom. The lowest BCUT2D eigenvalue weighted by atomic mass is 10.0. The number of aromatic nitrogens is 2. The molecule has 5 nitrogen and oxygen atoms in total. The molecule has 1 aliphatic rings. The van der Waals surface area contributed by atoms with Gasteiger partial charge in [0, 0.05) is 25.6 Å². The molecule has 2 rings (SSSR count). The molecular formula is C16H30N4O. The Labute approximate surface area is 128 Å². The summed E-state index contributed by atoms with van der Waals surface area (Å²) in [5.41, 5.74) is 0. The fourth-order valence-corrected chi connectivity index (χ4v) is 2.92. The van der Waals surface area contributed by atoms with Crippen LogP contribution in [0.4, 0.5) is 5.95 Å². The third kappa shape index (κ3) is 5.30. The molecule has 0 aliphatic carbocycles. The Bertz CT molecular complexity index is 399. The first-order valence-electron chi connectivity index (χ1n) is 8.50. The maximum Gasteiger partial charge on any atom is 0.266 e. The Morgan fingerprint density at radius 2 is 2.00 bits per heavy atom. The first-order chi connectivity index (χ1) is 10.2. The highest BCUT2D eigenvalue weighted by atomic mass is 16.5. The highest BCUT2D eigenvalue weighted by Gasteiger charge is 2.19. The highest BCUT2D eigenvalue weighted by Crippen LogP contribution is 2.17. The van der Waals surface area contributed by atoms with Crippen LogP contribution in [0.15, 0.2) is 4.52 Å². The Balaban J connectivity index is 1.91. The first-order valence-corrected chi connectivity index (χ1v) is 8.50. The van der Waals surface area contributed by atoms with Gasteiger partial charge in [-0.15, -0.1) is 0 Å². The van der Waals surface area contributed by atoms with Gasteiger partial charge in [0.15, 0.2) is 0 Å². The molecule has 0 aromatic carbocycles. The standard InChI is InChI=1S/C16H30N4O/c1-4-8-17-14(11-13(2)3)12-15-18-16(19-21-15)20-9-6-5-7-10-20/h13-14,17H,4-12H2,1-3H3. The smallest absolute Gasteiger partial charge is 0.266 e. The third-order valence-electron chi connectivity index (χ3n) is 3.96. The van der Waals surface area contributed by atoms with Gasteiger partial charge in [-0.25, -0.2) is 0 Å². The average molecular weight is 294 g/mol. The molecule has 1 saturated heterocycles. The summed E-state index contributed by atoms with van der Waals surface area (Å²) in [5, 5.41) is 7.76. The van der Waals surface area contributed by atoms with E-state index in [0.29, 0.717) is 12.0 Å². The van der Waals surface area contributed by atoms with E-state index in [2.05, 4.69) is 41.1 Å². The number of piperidine rings is 1. The van der Waals surface area contributed by atoms with Crippen molar-refractivity contribution >= 4 is 5.95 Å². The van der Waals surface area contributed by atoms with Crippen LogP contribution in [0.5, 0.6) is 0 Å². The van der Waals surface area contributed by atoms with E-state index in [-0.39, 0.29) is 0 Å². The second-order valence-corrected chi connectivity index (χ2v) is 6.52. The molecule has 1 aromatic rings. The summed E-state index contributed by atoms with van der Waals surface area (Å²) in [7, 11) is 0. The maximum atomic E-state index is 5.47. The molecule has 0 spiro atoms. The molecule has 120 valence electrons. The summed E-state index contributed by atoms with van der Waals surface area (Å²) < 4.78 is 5.47. The van der Waals surface area contributed by atoms with Crippen molar-refractivity contribution in [3.63, 3.8) is 0 Å². The number of anilines is 1. The minimum absolute atomic E-state index is 0.430. The van der Waals surface area contributed by atoms with Crippen molar-refractivity contribution in [3.8, 4) is 0 Å². The van der Waals surface area contributed by atoms with Gasteiger partial charge in [0.2, 0.25) is 5.89 Å². The summed E-state index contributed by atoms with van der Waals surface area (Å²) in [6.45, 7) is 9.87. The van der Waals surface area contributed by atoms with Gasteiger partial charge in [-0.05, 0) is 49.7 Å². The minimum atomic E-state index is 0.430. The molecule has 1 aromatic heterocycles. The summed E-state index contributed by atoms with van der Waals surface area (Å²) in [4.78, 5) is 6.84. The Hall–Kier alpha value is -1.10. The third-order valence-corrected chi connectivity index (χ3v) is 3.96. The van der Waals surface area contributed by atoms with Gasteiger partial charge in [0.25, 0.3) is 5.95 Å². The van der Waals surface area contributed by atoms with E-state index in [4.69, 9.17) is 4.52 Å². The van der Waals surface area contributed by atoms with E-state index in [9.17, 15) is 0 Å². The van der Waals surface area contributed by atoms with Crippen molar-refractivity contribution < 1.29 is 4.52 Å². The second-order valence-electron chi connectivity index (χ2n) is 6.52. The number of nitrogens with zero attached hydrogens (tertiary/aromatic N) is 3. The lowest BCUT2D eigenvalue weighted by Crippen LogP contribution is -2.33. The monoisotopic (exact) mass is 294 g/mol. The molecule has 0 radical (unpaired) electrons. The van der Waals surface area contributed by atoms with Crippen molar-refractivity contribution in [2.75, 3.05) is 24.5 Å². The Morgan fingerprint density at radius 1 is 1.24 bits per heavy atom. The molecule has 5 heteroatoms. The predicted octanol–water partition coefficient (Wildman–Crippen LogP) is 3.02. The van der Waals surface area contributed by atoms with Gasteiger partial charge in [0.1, 0.15) is 0 Å². The van der Waals surface area contributed by atoms with Crippen molar-refractivity contribution in [1.82, 2.24) is 15.5 Å². The highest BCUT2D eigenvalue weighted by molar-refractivity contribution is 5.28. The zero-order valence-electron chi connectivity index (χ0n) is 13.8. The molecule has 21 heavy (non-hydrogen) atoms. The van der Waals surface area contributed by atoms with E-state index in [1.165, 1.54) is 19.3 Å². The minimum Gasteiger partial charge on any atom is -0.338 e. The molecule has 1 unspecified atom stereocenters. The normalized spacial score (nSPS) is 17.4. The van der Waals surface area contributed by atoms with Gasteiger partial charge >= 0.3 is 0 Å². The lowest BCUT2D eigenvalue weighted by Gasteiger charge is -2.24. The molecule has 0 bridgehead atoms. The number of hydrogen-bond acceptors (Lipinski definition) is 5. The molecule has 1 fully saturated rings. The van der Waals surface area contributed by atoms with Crippen molar-refractivity contribution in [3.05, 3.63) is 5.89 Å². The molecule has 0 saturated carbocycles. The SMILES string of the molecule is CCCNC(Cc1nc(N2CCCCC2)no1)CC(C)C. The largest absolute Gasteiger partial charge is 0.338 e. The quantitative estimate of drug-likeness (QED) is 0.798. The molecule has 2 heterocycles. The summed E-state index contributed by atoms with van der Waals surface area (Å²) in [5.74, 6) is 2.22. The van der Waals surface area contributed by atoms with E-state index < -0.39 is 0 Å². The van der Waals surface area contributed by atoms with Crippen LogP contribution in [0.2, 0.25) is 0 Å². The van der Waals surface area contributed by atoms with Crippen LogP contribution in [-0.2, 0) is 6.42 Å². The molecule has 1 aliphatic heterocycles. The predicted molar refractivity (Wildman–Crippen MR) is 85.6 cm³/mol. The average Bonchev–Trinajstić information content (AvgIpc) is 2.93. The number of rotatable bonds is 8. The van der Waals surface area contributed by atoms with Crippen LogP contribution in [0.25, 0.3) is 0 Å². The summed E-state index contributed by atoms with van der Waals surface area (Å²) in [6, 6.07) is 0.430. The van der Waals surface area contributed by atoms with Gasteiger partial charge in [0.05, 0.1) is 0 Å². The van der Waals surface area contributed by atoms with E-state index >= 15 is 0 Å². The van der Waals surface area contributed by atoms with Gasteiger partial charge in [-0.2, -0.15) is 4.98 Å². The van der Waals surface area contributed by atoms with E-state index in [1.54, 1.807) is 0 Å². The van der Waals surface area contributed by atoms with Crippen LogP contribution in [-0.4, -0.2) is 35.8 Å². The van der Waals surface area contributed by atoms with Crippen LogP contribution in [0.3, 0.4) is 0 Å². The number of nitrogens with one attached hydrogen (secondary N) is 1. The van der Waals surface area contributed by atoms with E-state index in [1.807, 2.05) is 0 Å². The van der Waals surface area contributed by atoms with Crippen molar-refractivity contribution in [2.24, 2.45) is 5.92 Å². The fourth-order valence-electron chi connectivity index (χ4n) is 2.92. The zero-order chi connectivity index (χ0) is 15.1. The summed E-state index contributed by atoms with van der Waals surface area (Å²) in [6.07, 6.45) is 6.91. The van der Waals surface area contributed by atoms with Crippen LogP contribution in [0, 0.1) is 5.92 Å². The molecule has 0 amide bonds. The van der Waals surface area contributed by atoms with Crippen LogP contribution >= 0.6 is 0 Å². The van der Waals surface area contributed by atoms with Crippen LogP contribution < -0.4 is 10.2 Å². The van der Waals surface area contributed by atoms with Crippen molar-refractivity contribution in [2.45, 2.75) is 65.3 Å². The molecular weight excluding hydrogens is 264 g/mol.